The minimum atomic E-state index is -0.863. The van der Waals surface area contributed by atoms with E-state index in [1.807, 2.05) is 19.1 Å². The zero-order valence-electron chi connectivity index (χ0n) is 9.70. The third-order valence-electron chi connectivity index (χ3n) is 2.68. The molecule has 0 aliphatic rings. The fourth-order valence-electron chi connectivity index (χ4n) is 1.43. The van der Waals surface area contributed by atoms with Crippen LogP contribution in [0.4, 0.5) is 0 Å². The zero-order chi connectivity index (χ0) is 11.5. The van der Waals surface area contributed by atoms with Gasteiger partial charge in [0, 0.05) is 11.6 Å². The number of aliphatic hydroxyl groups is 1. The van der Waals surface area contributed by atoms with Gasteiger partial charge in [-0.1, -0.05) is 6.92 Å². The maximum Gasteiger partial charge on any atom is 0.128 e. The molecule has 0 heterocycles. The highest BCUT2D eigenvalue weighted by molar-refractivity contribution is 5.43. The first-order valence-corrected chi connectivity index (χ1v) is 5.00. The molecule has 0 bridgehead atoms. The maximum atomic E-state index is 10.1. The smallest absolute Gasteiger partial charge is 0.128 e. The van der Waals surface area contributed by atoms with Crippen molar-refractivity contribution in [2.75, 3.05) is 14.2 Å². The van der Waals surface area contributed by atoms with Gasteiger partial charge in [-0.05, 0) is 25.5 Å². The Bertz CT molecular complexity index is 332. The van der Waals surface area contributed by atoms with Gasteiger partial charge in [-0.25, -0.2) is 0 Å². The summed E-state index contributed by atoms with van der Waals surface area (Å²) in [6.07, 6.45) is 0.635. The number of methoxy groups -OCH3 is 2. The minimum absolute atomic E-state index is 0.635. The van der Waals surface area contributed by atoms with Crippen LogP contribution in [0, 0.1) is 0 Å². The van der Waals surface area contributed by atoms with Crippen molar-refractivity contribution in [1.82, 2.24) is 0 Å². The van der Waals surface area contributed by atoms with Crippen LogP contribution in [-0.2, 0) is 5.60 Å². The van der Waals surface area contributed by atoms with Gasteiger partial charge < -0.3 is 14.6 Å². The summed E-state index contributed by atoms with van der Waals surface area (Å²) in [6.45, 7) is 3.71. The number of hydrogen-bond acceptors (Lipinski definition) is 3. The molecule has 3 nitrogen and oxygen atoms in total. The molecule has 0 spiro atoms. The number of benzene rings is 1. The Morgan fingerprint density at radius 3 is 2.40 bits per heavy atom. The molecular weight excluding hydrogens is 192 g/mol. The average Bonchev–Trinajstić information content (AvgIpc) is 2.28. The van der Waals surface area contributed by atoms with E-state index < -0.39 is 5.60 Å². The number of hydrogen-bond donors (Lipinski definition) is 1. The molecule has 84 valence electrons. The molecule has 0 aliphatic carbocycles. The van der Waals surface area contributed by atoms with Crippen molar-refractivity contribution >= 4 is 0 Å². The lowest BCUT2D eigenvalue weighted by Crippen LogP contribution is -2.20. The summed E-state index contributed by atoms with van der Waals surface area (Å²) >= 11 is 0. The molecule has 0 fully saturated rings. The Kier molecular flexibility index (Phi) is 3.58. The lowest BCUT2D eigenvalue weighted by atomic mass is 9.92. The Balaban J connectivity index is 3.18. The van der Waals surface area contributed by atoms with E-state index >= 15 is 0 Å². The predicted molar refractivity (Wildman–Crippen MR) is 59.4 cm³/mol. The lowest BCUT2D eigenvalue weighted by Gasteiger charge is -2.24. The van der Waals surface area contributed by atoms with Crippen molar-refractivity contribution in [3.8, 4) is 11.5 Å². The Hall–Kier alpha value is -1.22. The maximum absolute atomic E-state index is 10.1. The standard InChI is InChI=1S/C12H18O3/c1-5-12(2,13)10-7-6-9(14-3)8-11(10)15-4/h6-8,13H,5H2,1-4H3/t12-/m0/s1. The van der Waals surface area contributed by atoms with Crippen LogP contribution in [0.25, 0.3) is 0 Å². The van der Waals surface area contributed by atoms with Gasteiger partial charge in [-0.2, -0.15) is 0 Å². The Labute approximate surface area is 90.6 Å². The van der Waals surface area contributed by atoms with Crippen LogP contribution in [0.5, 0.6) is 11.5 Å². The summed E-state index contributed by atoms with van der Waals surface area (Å²) in [5.74, 6) is 1.38. The topological polar surface area (TPSA) is 38.7 Å². The quantitative estimate of drug-likeness (QED) is 0.828. The van der Waals surface area contributed by atoms with Gasteiger partial charge in [0.15, 0.2) is 0 Å². The first-order valence-electron chi connectivity index (χ1n) is 5.00. The Morgan fingerprint density at radius 1 is 1.27 bits per heavy atom. The monoisotopic (exact) mass is 210 g/mol. The SMILES string of the molecule is CC[C@](C)(O)c1ccc(OC)cc1OC. The normalized spacial score (nSPS) is 14.5. The summed E-state index contributed by atoms with van der Waals surface area (Å²) in [4.78, 5) is 0. The summed E-state index contributed by atoms with van der Waals surface area (Å²) in [5, 5.41) is 10.1. The molecule has 3 heteroatoms. The Morgan fingerprint density at radius 2 is 1.93 bits per heavy atom. The van der Waals surface area contributed by atoms with Crippen molar-refractivity contribution in [3.63, 3.8) is 0 Å². The second-order valence-electron chi connectivity index (χ2n) is 3.69. The third-order valence-corrected chi connectivity index (χ3v) is 2.68. The molecule has 1 atom stereocenters. The molecule has 0 aliphatic heterocycles. The van der Waals surface area contributed by atoms with Crippen LogP contribution >= 0.6 is 0 Å². The van der Waals surface area contributed by atoms with Crippen molar-refractivity contribution in [2.45, 2.75) is 25.9 Å². The largest absolute Gasteiger partial charge is 0.497 e. The predicted octanol–water partition coefficient (Wildman–Crippen LogP) is 2.32. The van der Waals surface area contributed by atoms with E-state index in [1.54, 1.807) is 27.2 Å². The molecule has 0 aromatic heterocycles. The zero-order valence-corrected chi connectivity index (χ0v) is 9.70. The summed E-state index contributed by atoms with van der Waals surface area (Å²) in [6, 6.07) is 5.43. The van der Waals surface area contributed by atoms with Crippen molar-refractivity contribution in [3.05, 3.63) is 23.8 Å². The molecule has 1 rings (SSSR count). The fourth-order valence-corrected chi connectivity index (χ4v) is 1.43. The summed E-state index contributed by atoms with van der Waals surface area (Å²) in [7, 11) is 3.19. The molecule has 15 heavy (non-hydrogen) atoms. The van der Waals surface area contributed by atoms with Gasteiger partial charge >= 0.3 is 0 Å². The van der Waals surface area contributed by atoms with Gasteiger partial charge in [-0.15, -0.1) is 0 Å². The number of ether oxygens (including phenoxy) is 2. The molecule has 0 amide bonds. The second kappa shape index (κ2) is 4.53. The van der Waals surface area contributed by atoms with Crippen LogP contribution in [0.1, 0.15) is 25.8 Å². The van der Waals surface area contributed by atoms with Crippen molar-refractivity contribution in [2.24, 2.45) is 0 Å². The fraction of sp³-hybridized carbons (Fsp3) is 0.500. The van der Waals surface area contributed by atoms with Gasteiger partial charge in [0.25, 0.3) is 0 Å². The van der Waals surface area contributed by atoms with Gasteiger partial charge in [0.1, 0.15) is 11.5 Å². The molecule has 1 N–H and O–H groups in total. The highest BCUT2D eigenvalue weighted by atomic mass is 16.5. The van der Waals surface area contributed by atoms with E-state index in [0.717, 1.165) is 11.3 Å². The van der Waals surface area contributed by atoms with Crippen LogP contribution < -0.4 is 9.47 Å². The van der Waals surface area contributed by atoms with Crippen LogP contribution in [-0.4, -0.2) is 19.3 Å². The van der Waals surface area contributed by atoms with Gasteiger partial charge in [0.2, 0.25) is 0 Å². The molecule has 1 aromatic carbocycles. The van der Waals surface area contributed by atoms with Crippen molar-refractivity contribution in [1.29, 1.82) is 0 Å². The van der Waals surface area contributed by atoms with E-state index in [2.05, 4.69) is 0 Å². The average molecular weight is 210 g/mol. The lowest BCUT2D eigenvalue weighted by molar-refractivity contribution is 0.0504. The molecule has 0 saturated carbocycles. The van der Waals surface area contributed by atoms with E-state index in [-0.39, 0.29) is 0 Å². The molecular formula is C12H18O3. The van der Waals surface area contributed by atoms with Crippen molar-refractivity contribution < 1.29 is 14.6 Å². The third kappa shape index (κ3) is 2.42. The molecule has 1 aromatic rings. The van der Waals surface area contributed by atoms with E-state index in [4.69, 9.17) is 9.47 Å². The van der Waals surface area contributed by atoms with E-state index in [1.165, 1.54) is 0 Å². The molecule has 0 unspecified atom stereocenters. The highest BCUT2D eigenvalue weighted by Crippen LogP contribution is 2.34. The van der Waals surface area contributed by atoms with Crippen LogP contribution in [0.2, 0.25) is 0 Å². The van der Waals surface area contributed by atoms with Crippen LogP contribution in [0.3, 0.4) is 0 Å². The summed E-state index contributed by atoms with van der Waals surface area (Å²) in [5.41, 5.74) is -0.0780. The van der Waals surface area contributed by atoms with E-state index in [9.17, 15) is 5.11 Å². The highest BCUT2D eigenvalue weighted by Gasteiger charge is 2.24. The minimum Gasteiger partial charge on any atom is -0.497 e. The first-order chi connectivity index (χ1) is 7.05. The molecule has 0 radical (unpaired) electrons. The van der Waals surface area contributed by atoms with Gasteiger partial charge in [-0.3, -0.25) is 0 Å². The first kappa shape index (κ1) is 11.9. The van der Waals surface area contributed by atoms with E-state index in [0.29, 0.717) is 12.2 Å². The second-order valence-corrected chi connectivity index (χ2v) is 3.69. The van der Waals surface area contributed by atoms with Gasteiger partial charge in [0.05, 0.1) is 19.8 Å². The summed E-state index contributed by atoms with van der Waals surface area (Å²) < 4.78 is 10.3. The molecule has 0 saturated heterocycles. The van der Waals surface area contributed by atoms with Crippen LogP contribution in [0.15, 0.2) is 18.2 Å². The number of rotatable bonds is 4.